The second-order valence-corrected chi connectivity index (χ2v) is 6.40. The fraction of sp³-hybridized carbons (Fsp3) is 0.429. The molecule has 0 spiro atoms. The van der Waals surface area contributed by atoms with Gasteiger partial charge in [-0.25, -0.2) is 0 Å². The molecule has 0 saturated heterocycles. The topological polar surface area (TPSA) is 59.2 Å². The predicted octanol–water partition coefficient (Wildman–Crippen LogP) is 3.95. The van der Waals surface area contributed by atoms with Crippen molar-refractivity contribution in [3.8, 4) is 17.2 Å². The van der Waals surface area contributed by atoms with E-state index in [0.29, 0.717) is 11.8 Å². The summed E-state index contributed by atoms with van der Waals surface area (Å²) in [6.45, 7) is 2.26. The molecule has 4 nitrogen and oxygen atoms in total. The van der Waals surface area contributed by atoms with Crippen LogP contribution in [-0.4, -0.2) is 15.2 Å². The summed E-state index contributed by atoms with van der Waals surface area (Å²) in [6.07, 6.45) is 3.51. The molecule has 19 heavy (non-hydrogen) atoms. The van der Waals surface area contributed by atoms with Crippen LogP contribution in [0.25, 0.3) is 11.5 Å². The number of benzene rings is 1. The van der Waals surface area contributed by atoms with Gasteiger partial charge in [0.15, 0.2) is 5.82 Å². The maximum atomic E-state index is 9.72. The molecule has 2 atom stereocenters. The number of phenols is 1. The van der Waals surface area contributed by atoms with Crippen molar-refractivity contribution in [3.63, 3.8) is 0 Å². The van der Waals surface area contributed by atoms with Gasteiger partial charge in [0.25, 0.3) is 5.89 Å². The maximum Gasteiger partial charge on any atom is 0.258 e. The monoisotopic (exact) mass is 370 g/mol. The zero-order chi connectivity index (χ0) is 13.4. The zero-order valence-electron chi connectivity index (χ0n) is 10.6. The highest BCUT2D eigenvalue weighted by Crippen LogP contribution is 2.37. The summed E-state index contributed by atoms with van der Waals surface area (Å²) in [6, 6.07) is 5.39. The number of hydrogen-bond donors (Lipinski definition) is 1. The molecule has 1 aromatic carbocycles. The maximum absolute atomic E-state index is 9.72. The van der Waals surface area contributed by atoms with E-state index in [1.807, 2.05) is 12.1 Å². The van der Waals surface area contributed by atoms with Crippen LogP contribution in [0.15, 0.2) is 22.7 Å². The summed E-state index contributed by atoms with van der Waals surface area (Å²) in [4.78, 5) is 4.48. The Hall–Kier alpha value is -1.11. The first-order valence-corrected chi connectivity index (χ1v) is 7.54. The highest BCUT2D eigenvalue weighted by Gasteiger charge is 2.27. The summed E-state index contributed by atoms with van der Waals surface area (Å²) >= 11 is 2.08. The van der Waals surface area contributed by atoms with Crippen LogP contribution in [-0.2, 0) is 0 Å². The van der Waals surface area contributed by atoms with Crippen LogP contribution in [0.4, 0.5) is 0 Å². The molecule has 5 heteroatoms. The van der Waals surface area contributed by atoms with Crippen molar-refractivity contribution in [2.75, 3.05) is 0 Å². The van der Waals surface area contributed by atoms with Gasteiger partial charge in [-0.3, -0.25) is 0 Å². The Kier molecular flexibility index (Phi) is 3.47. The molecule has 1 fully saturated rings. The minimum atomic E-state index is 0.243. The molecule has 1 N–H and O–H groups in total. The van der Waals surface area contributed by atoms with Gasteiger partial charge in [-0.1, -0.05) is 12.1 Å². The molecule has 2 unspecified atom stereocenters. The molecule has 0 amide bonds. The summed E-state index contributed by atoms with van der Waals surface area (Å²) in [5, 5.41) is 13.8. The van der Waals surface area contributed by atoms with E-state index < -0.39 is 0 Å². The smallest absolute Gasteiger partial charge is 0.258 e. The van der Waals surface area contributed by atoms with Crippen molar-refractivity contribution in [2.24, 2.45) is 5.92 Å². The van der Waals surface area contributed by atoms with Crippen molar-refractivity contribution >= 4 is 22.6 Å². The van der Waals surface area contributed by atoms with E-state index in [2.05, 4.69) is 39.7 Å². The van der Waals surface area contributed by atoms with Gasteiger partial charge >= 0.3 is 0 Å². The Morgan fingerprint density at radius 3 is 2.89 bits per heavy atom. The summed E-state index contributed by atoms with van der Waals surface area (Å²) < 4.78 is 6.13. The van der Waals surface area contributed by atoms with Gasteiger partial charge in [0.05, 0.1) is 3.57 Å². The number of aromatic nitrogens is 2. The van der Waals surface area contributed by atoms with E-state index in [4.69, 9.17) is 4.52 Å². The lowest BCUT2D eigenvalue weighted by atomic mass is 10.1. The van der Waals surface area contributed by atoms with E-state index in [0.717, 1.165) is 33.7 Å². The Morgan fingerprint density at radius 1 is 1.37 bits per heavy atom. The second-order valence-electron chi connectivity index (χ2n) is 5.24. The lowest BCUT2D eigenvalue weighted by Crippen LogP contribution is -1.96. The SMILES string of the molecule is CC1CCC(c2noc(-c3ccc(I)c(O)c3)n2)C1. The average molecular weight is 370 g/mol. The van der Waals surface area contributed by atoms with Crippen molar-refractivity contribution in [3.05, 3.63) is 27.6 Å². The first-order valence-electron chi connectivity index (χ1n) is 6.46. The van der Waals surface area contributed by atoms with Gasteiger partial charge in [0.1, 0.15) is 5.75 Å². The number of aromatic hydroxyl groups is 1. The first-order chi connectivity index (χ1) is 9.13. The van der Waals surface area contributed by atoms with Crippen LogP contribution in [0.3, 0.4) is 0 Å². The Balaban J connectivity index is 1.86. The van der Waals surface area contributed by atoms with Crippen LogP contribution < -0.4 is 0 Å². The van der Waals surface area contributed by atoms with E-state index >= 15 is 0 Å². The number of rotatable bonds is 2. The van der Waals surface area contributed by atoms with Crippen molar-refractivity contribution in [2.45, 2.75) is 32.1 Å². The van der Waals surface area contributed by atoms with E-state index in [-0.39, 0.29) is 5.75 Å². The lowest BCUT2D eigenvalue weighted by Gasteiger charge is -2.01. The highest BCUT2D eigenvalue weighted by atomic mass is 127. The normalized spacial score (nSPS) is 22.8. The van der Waals surface area contributed by atoms with E-state index in [1.54, 1.807) is 6.07 Å². The number of nitrogens with zero attached hydrogens (tertiary/aromatic N) is 2. The molecular formula is C14H15IN2O2. The summed E-state index contributed by atoms with van der Waals surface area (Å²) in [5.74, 6) is 2.70. The first kappa shape index (κ1) is 12.9. The molecule has 1 aliphatic rings. The average Bonchev–Trinajstić information content (AvgIpc) is 3.01. The third-order valence-corrected chi connectivity index (χ3v) is 4.61. The molecule has 3 rings (SSSR count). The van der Waals surface area contributed by atoms with Crippen molar-refractivity contribution < 1.29 is 9.63 Å². The lowest BCUT2D eigenvalue weighted by molar-refractivity contribution is 0.414. The summed E-state index contributed by atoms with van der Waals surface area (Å²) in [5.41, 5.74) is 0.766. The molecule has 1 aliphatic carbocycles. The van der Waals surface area contributed by atoms with Crippen molar-refractivity contribution in [1.82, 2.24) is 10.1 Å². The fourth-order valence-corrected chi connectivity index (χ4v) is 2.94. The molecule has 0 bridgehead atoms. The van der Waals surface area contributed by atoms with E-state index in [1.165, 1.54) is 6.42 Å². The largest absolute Gasteiger partial charge is 0.507 e. The van der Waals surface area contributed by atoms with E-state index in [9.17, 15) is 5.11 Å². The van der Waals surface area contributed by atoms with Crippen LogP contribution in [0.2, 0.25) is 0 Å². The standard InChI is InChI=1S/C14H15IN2O2/c1-8-2-3-9(6-8)13-16-14(19-17-13)10-4-5-11(15)12(18)7-10/h4-5,7-9,18H,2-3,6H2,1H3. The van der Waals surface area contributed by atoms with Gasteiger partial charge < -0.3 is 9.63 Å². The third kappa shape index (κ3) is 2.61. The number of hydrogen-bond acceptors (Lipinski definition) is 4. The fourth-order valence-electron chi connectivity index (χ4n) is 2.61. The quantitative estimate of drug-likeness (QED) is 0.814. The van der Waals surface area contributed by atoms with Crippen LogP contribution in [0, 0.1) is 9.49 Å². The molecule has 1 heterocycles. The van der Waals surface area contributed by atoms with Crippen LogP contribution in [0.5, 0.6) is 5.75 Å². The zero-order valence-corrected chi connectivity index (χ0v) is 12.8. The second kappa shape index (κ2) is 5.11. The van der Waals surface area contributed by atoms with Gasteiger partial charge in [-0.05, 0) is 66.0 Å². The van der Waals surface area contributed by atoms with Crippen molar-refractivity contribution in [1.29, 1.82) is 0 Å². The summed E-state index contributed by atoms with van der Waals surface area (Å²) in [7, 11) is 0. The van der Waals surface area contributed by atoms with Gasteiger partial charge in [0.2, 0.25) is 0 Å². The Labute approximate surface area is 125 Å². The number of halogens is 1. The Bertz CT molecular complexity index is 597. The van der Waals surface area contributed by atoms with Crippen LogP contribution >= 0.6 is 22.6 Å². The third-order valence-electron chi connectivity index (χ3n) is 3.69. The highest BCUT2D eigenvalue weighted by molar-refractivity contribution is 14.1. The molecule has 100 valence electrons. The molecular weight excluding hydrogens is 355 g/mol. The Morgan fingerprint density at radius 2 is 2.21 bits per heavy atom. The number of phenolic OH excluding ortho intramolecular Hbond substituents is 1. The minimum Gasteiger partial charge on any atom is -0.507 e. The molecule has 1 saturated carbocycles. The van der Waals surface area contributed by atoms with Gasteiger partial charge in [-0.15, -0.1) is 0 Å². The molecule has 2 aromatic rings. The molecule has 1 aromatic heterocycles. The van der Waals surface area contributed by atoms with Gasteiger partial charge in [-0.2, -0.15) is 4.98 Å². The molecule has 0 radical (unpaired) electrons. The minimum absolute atomic E-state index is 0.243. The molecule has 0 aliphatic heterocycles. The predicted molar refractivity (Wildman–Crippen MR) is 79.9 cm³/mol. The van der Waals surface area contributed by atoms with Crippen LogP contribution in [0.1, 0.15) is 37.9 Å². The van der Waals surface area contributed by atoms with Gasteiger partial charge in [0, 0.05) is 11.5 Å².